The maximum absolute atomic E-state index is 12.6. The summed E-state index contributed by atoms with van der Waals surface area (Å²) in [5.74, 6) is 0.754. The van der Waals surface area contributed by atoms with Crippen molar-refractivity contribution in [2.45, 2.75) is 40.3 Å². The average Bonchev–Trinajstić information content (AvgIpc) is 2.89. The summed E-state index contributed by atoms with van der Waals surface area (Å²) in [5.41, 5.74) is 0.879. The van der Waals surface area contributed by atoms with Gasteiger partial charge in [0.25, 0.3) is 0 Å². The summed E-state index contributed by atoms with van der Waals surface area (Å²) in [6, 6.07) is 1.49. The fourth-order valence-electron chi connectivity index (χ4n) is 2.77. The van der Waals surface area contributed by atoms with E-state index in [0.717, 1.165) is 24.5 Å². The number of rotatable bonds is 5. The molecule has 1 aliphatic rings. The van der Waals surface area contributed by atoms with Crippen molar-refractivity contribution in [3.63, 3.8) is 0 Å². The van der Waals surface area contributed by atoms with Crippen molar-refractivity contribution in [1.82, 2.24) is 20.3 Å². The van der Waals surface area contributed by atoms with E-state index in [4.69, 9.17) is 4.52 Å². The highest BCUT2D eigenvalue weighted by Gasteiger charge is 2.30. The predicted octanol–water partition coefficient (Wildman–Crippen LogP) is 0.788. The Hall–Kier alpha value is -1.89. The lowest BCUT2D eigenvalue weighted by Crippen LogP contribution is -2.56. The lowest BCUT2D eigenvalue weighted by molar-refractivity contribution is -0.138. The fraction of sp³-hybridized carbons (Fsp3) is 0.688. The van der Waals surface area contributed by atoms with Crippen LogP contribution in [0.25, 0.3) is 0 Å². The van der Waals surface area contributed by atoms with Crippen molar-refractivity contribution in [3.8, 4) is 0 Å². The maximum Gasteiger partial charge on any atom is 0.245 e. The molecule has 2 heterocycles. The highest BCUT2D eigenvalue weighted by Crippen LogP contribution is 2.12. The van der Waals surface area contributed by atoms with Gasteiger partial charge in [-0.3, -0.25) is 14.5 Å². The Kier molecular flexibility index (Phi) is 5.76. The van der Waals surface area contributed by atoms with Crippen molar-refractivity contribution in [1.29, 1.82) is 0 Å². The first kappa shape index (κ1) is 17.5. The van der Waals surface area contributed by atoms with Gasteiger partial charge in [0, 0.05) is 39.2 Å². The standard InChI is InChI=1S/C16H26N4O3/c1-11(2)15(17-13(4)21)16(22)20-7-5-19(6-8-20)10-14-9-12(3)18-23-14/h9,11,15H,5-8,10H2,1-4H3,(H,17,21)/t15-/m1/s1. The molecule has 0 radical (unpaired) electrons. The second kappa shape index (κ2) is 7.59. The molecule has 1 N–H and O–H groups in total. The summed E-state index contributed by atoms with van der Waals surface area (Å²) >= 11 is 0. The van der Waals surface area contributed by atoms with E-state index in [2.05, 4.69) is 15.4 Å². The van der Waals surface area contributed by atoms with E-state index in [1.807, 2.05) is 31.7 Å². The predicted molar refractivity (Wildman–Crippen MR) is 85.5 cm³/mol. The van der Waals surface area contributed by atoms with E-state index < -0.39 is 6.04 Å². The van der Waals surface area contributed by atoms with Crippen molar-refractivity contribution in [2.24, 2.45) is 5.92 Å². The van der Waals surface area contributed by atoms with Crippen LogP contribution in [0.5, 0.6) is 0 Å². The SMILES string of the molecule is CC(=O)N[C@@H](C(=O)N1CCN(Cc2cc(C)no2)CC1)C(C)C. The number of hydrogen-bond acceptors (Lipinski definition) is 5. The van der Waals surface area contributed by atoms with Crippen molar-refractivity contribution in [2.75, 3.05) is 26.2 Å². The lowest BCUT2D eigenvalue weighted by Gasteiger charge is -2.36. The van der Waals surface area contributed by atoms with Gasteiger partial charge in [-0.25, -0.2) is 0 Å². The zero-order valence-electron chi connectivity index (χ0n) is 14.3. The number of aryl methyl sites for hydroxylation is 1. The molecular weight excluding hydrogens is 296 g/mol. The van der Waals surface area contributed by atoms with Crippen LogP contribution >= 0.6 is 0 Å². The van der Waals surface area contributed by atoms with Crippen LogP contribution in [0.4, 0.5) is 0 Å². The van der Waals surface area contributed by atoms with E-state index in [1.54, 1.807) is 0 Å². The molecule has 0 unspecified atom stereocenters. The Morgan fingerprint density at radius 1 is 1.30 bits per heavy atom. The molecule has 7 heteroatoms. The van der Waals surface area contributed by atoms with Crippen LogP contribution in [0.2, 0.25) is 0 Å². The molecule has 2 amide bonds. The molecule has 7 nitrogen and oxygen atoms in total. The second-order valence-corrected chi connectivity index (χ2v) is 6.46. The summed E-state index contributed by atoms with van der Waals surface area (Å²) in [5, 5.41) is 6.65. The van der Waals surface area contributed by atoms with Gasteiger partial charge < -0.3 is 14.7 Å². The Bertz CT molecular complexity index is 547. The van der Waals surface area contributed by atoms with Gasteiger partial charge in [-0.15, -0.1) is 0 Å². The molecule has 1 atom stereocenters. The van der Waals surface area contributed by atoms with Gasteiger partial charge >= 0.3 is 0 Å². The summed E-state index contributed by atoms with van der Waals surface area (Å²) in [6.07, 6.45) is 0. The topological polar surface area (TPSA) is 78.7 Å². The van der Waals surface area contributed by atoms with Crippen molar-refractivity contribution >= 4 is 11.8 Å². The quantitative estimate of drug-likeness (QED) is 0.867. The third kappa shape index (κ3) is 4.79. The summed E-state index contributed by atoms with van der Waals surface area (Å²) in [6.45, 7) is 10.8. The normalized spacial score (nSPS) is 17.3. The largest absolute Gasteiger partial charge is 0.360 e. The molecule has 1 aromatic heterocycles. The van der Waals surface area contributed by atoms with Crippen molar-refractivity contribution < 1.29 is 14.1 Å². The number of hydrogen-bond donors (Lipinski definition) is 1. The molecule has 1 aromatic rings. The Morgan fingerprint density at radius 2 is 1.96 bits per heavy atom. The van der Waals surface area contributed by atoms with Gasteiger partial charge in [0.2, 0.25) is 11.8 Å². The smallest absolute Gasteiger partial charge is 0.245 e. The first-order valence-electron chi connectivity index (χ1n) is 8.07. The lowest BCUT2D eigenvalue weighted by atomic mass is 10.0. The zero-order chi connectivity index (χ0) is 17.0. The highest BCUT2D eigenvalue weighted by molar-refractivity contribution is 5.87. The molecule has 128 valence electrons. The van der Waals surface area contributed by atoms with Crippen LogP contribution in [-0.2, 0) is 16.1 Å². The van der Waals surface area contributed by atoms with E-state index in [1.165, 1.54) is 6.92 Å². The highest BCUT2D eigenvalue weighted by atomic mass is 16.5. The van der Waals surface area contributed by atoms with Crippen LogP contribution in [0.1, 0.15) is 32.2 Å². The first-order valence-corrected chi connectivity index (χ1v) is 8.07. The van der Waals surface area contributed by atoms with Gasteiger partial charge in [-0.2, -0.15) is 0 Å². The van der Waals surface area contributed by atoms with Crippen LogP contribution in [0.15, 0.2) is 10.6 Å². The number of carbonyl (C=O) groups excluding carboxylic acids is 2. The van der Waals surface area contributed by atoms with Gasteiger partial charge in [0.15, 0.2) is 5.76 Å². The maximum atomic E-state index is 12.6. The second-order valence-electron chi connectivity index (χ2n) is 6.46. The van der Waals surface area contributed by atoms with E-state index in [9.17, 15) is 9.59 Å². The van der Waals surface area contributed by atoms with Crippen LogP contribution in [-0.4, -0.2) is 59.0 Å². The molecule has 2 rings (SSSR count). The molecule has 0 spiro atoms. The van der Waals surface area contributed by atoms with E-state index in [0.29, 0.717) is 19.6 Å². The van der Waals surface area contributed by atoms with Crippen LogP contribution < -0.4 is 5.32 Å². The molecule has 0 bridgehead atoms. The fourth-order valence-corrected chi connectivity index (χ4v) is 2.77. The molecule has 1 fully saturated rings. The number of amides is 2. The molecule has 0 saturated carbocycles. The van der Waals surface area contributed by atoms with Gasteiger partial charge in [-0.05, 0) is 12.8 Å². The number of piperazine rings is 1. The number of nitrogens with one attached hydrogen (secondary N) is 1. The minimum Gasteiger partial charge on any atom is -0.360 e. The zero-order valence-corrected chi connectivity index (χ0v) is 14.3. The molecular formula is C16H26N4O3. The van der Waals surface area contributed by atoms with Gasteiger partial charge in [0.05, 0.1) is 12.2 Å². The summed E-state index contributed by atoms with van der Waals surface area (Å²) in [7, 11) is 0. The minimum atomic E-state index is -0.448. The summed E-state index contributed by atoms with van der Waals surface area (Å²) in [4.78, 5) is 28.0. The van der Waals surface area contributed by atoms with Gasteiger partial charge in [-0.1, -0.05) is 19.0 Å². The molecule has 1 saturated heterocycles. The van der Waals surface area contributed by atoms with E-state index >= 15 is 0 Å². The number of carbonyl (C=O) groups is 2. The Labute approximate surface area is 137 Å². The number of aromatic nitrogens is 1. The summed E-state index contributed by atoms with van der Waals surface area (Å²) < 4.78 is 5.24. The Balaban J connectivity index is 1.87. The third-order valence-corrected chi connectivity index (χ3v) is 4.03. The average molecular weight is 322 g/mol. The Morgan fingerprint density at radius 3 is 2.43 bits per heavy atom. The monoisotopic (exact) mass is 322 g/mol. The van der Waals surface area contributed by atoms with Crippen molar-refractivity contribution in [3.05, 3.63) is 17.5 Å². The third-order valence-electron chi connectivity index (χ3n) is 4.03. The first-order chi connectivity index (χ1) is 10.9. The number of nitrogens with zero attached hydrogens (tertiary/aromatic N) is 3. The molecule has 0 aliphatic carbocycles. The molecule has 0 aromatic carbocycles. The molecule has 1 aliphatic heterocycles. The minimum absolute atomic E-state index is 0.00496. The van der Waals surface area contributed by atoms with Crippen LogP contribution in [0, 0.1) is 12.8 Å². The molecule has 23 heavy (non-hydrogen) atoms. The van der Waals surface area contributed by atoms with Crippen LogP contribution in [0.3, 0.4) is 0 Å². The van der Waals surface area contributed by atoms with E-state index in [-0.39, 0.29) is 17.7 Å². The van der Waals surface area contributed by atoms with Gasteiger partial charge in [0.1, 0.15) is 6.04 Å².